The van der Waals surface area contributed by atoms with Gasteiger partial charge < -0.3 is 0 Å². The first kappa shape index (κ1) is 10.2. The first-order valence-corrected chi connectivity index (χ1v) is 6.11. The Labute approximate surface area is 86.7 Å². The van der Waals surface area contributed by atoms with Crippen LogP contribution < -0.4 is 0 Å². The van der Waals surface area contributed by atoms with Crippen LogP contribution in [0.3, 0.4) is 0 Å². The summed E-state index contributed by atoms with van der Waals surface area (Å²) >= 11 is 0. The maximum absolute atomic E-state index is 11.6. The number of carbonyl (C=O) groups excluding carboxylic acids is 1. The van der Waals surface area contributed by atoms with Crippen molar-refractivity contribution in [3.05, 3.63) is 0 Å². The molecule has 0 aromatic rings. The number of hydrogen-bond donors (Lipinski definition) is 0. The van der Waals surface area contributed by atoms with Crippen LogP contribution in [0.5, 0.6) is 0 Å². The van der Waals surface area contributed by atoms with Crippen molar-refractivity contribution in [1.29, 1.82) is 0 Å². The Morgan fingerprint density at radius 2 is 1.57 bits per heavy atom. The van der Waals surface area contributed by atoms with E-state index in [9.17, 15) is 4.79 Å². The molecular formula is C12H21NO. The molecule has 2 rings (SSSR count). The predicted molar refractivity (Wildman–Crippen MR) is 57.3 cm³/mol. The van der Waals surface area contributed by atoms with Gasteiger partial charge in [-0.15, -0.1) is 0 Å². The highest BCUT2D eigenvalue weighted by Crippen LogP contribution is 2.30. The van der Waals surface area contributed by atoms with Gasteiger partial charge in [0.15, 0.2) is 0 Å². The summed E-state index contributed by atoms with van der Waals surface area (Å²) < 4.78 is 0. The number of likely N-dealkylation sites (tertiary alicyclic amines) is 1. The molecule has 0 bridgehead atoms. The van der Waals surface area contributed by atoms with E-state index in [4.69, 9.17) is 0 Å². The predicted octanol–water partition coefficient (Wildman–Crippen LogP) is 2.23. The molecule has 2 aliphatic rings. The standard InChI is InChI=1S/C12H21NO/c14-12(11-6-7-11)10-13-8-4-2-1-3-5-9-13/h11H,1-10H2. The van der Waals surface area contributed by atoms with E-state index in [0.29, 0.717) is 11.7 Å². The molecule has 1 aliphatic heterocycles. The second-order valence-electron chi connectivity index (χ2n) is 4.78. The molecule has 0 amide bonds. The van der Waals surface area contributed by atoms with E-state index < -0.39 is 0 Å². The second kappa shape index (κ2) is 4.92. The minimum Gasteiger partial charge on any atom is -0.298 e. The zero-order valence-electron chi connectivity index (χ0n) is 9.00. The van der Waals surface area contributed by atoms with E-state index >= 15 is 0 Å². The van der Waals surface area contributed by atoms with Crippen molar-refractivity contribution >= 4 is 5.78 Å². The first-order chi connectivity index (χ1) is 6.86. The molecular weight excluding hydrogens is 174 g/mol. The zero-order chi connectivity index (χ0) is 9.80. The normalized spacial score (nSPS) is 25.4. The van der Waals surface area contributed by atoms with Crippen LogP contribution in [0.15, 0.2) is 0 Å². The highest BCUT2D eigenvalue weighted by atomic mass is 16.1. The highest BCUT2D eigenvalue weighted by molar-refractivity contribution is 5.84. The molecule has 1 heterocycles. The lowest BCUT2D eigenvalue weighted by Crippen LogP contribution is -2.33. The molecule has 0 radical (unpaired) electrons. The van der Waals surface area contributed by atoms with Gasteiger partial charge in [-0.25, -0.2) is 0 Å². The minimum atomic E-state index is 0.445. The van der Waals surface area contributed by atoms with Crippen molar-refractivity contribution in [2.24, 2.45) is 5.92 Å². The lowest BCUT2D eigenvalue weighted by molar-refractivity contribution is -0.121. The summed E-state index contributed by atoms with van der Waals surface area (Å²) in [6, 6.07) is 0. The Bertz CT molecular complexity index is 190. The molecule has 1 aliphatic carbocycles. The Kier molecular flexibility index (Phi) is 3.57. The molecule has 0 N–H and O–H groups in total. The Balaban J connectivity index is 1.73. The second-order valence-corrected chi connectivity index (χ2v) is 4.78. The molecule has 0 unspecified atom stereocenters. The van der Waals surface area contributed by atoms with Gasteiger partial charge in [0.1, 0.15) is 5.78 Å². The summed E-state index contributed by atoms with van der Waals surface area (Å²) in [5.41, 5.74) is 0. The quantitative estimate of drug-likeness (QED) is 0.688. The van der Waals surface area contributed by atoms with Gasteiger partial charge in [-0.2, -0.15) is 0 Å². The average molecular weight is 195 g/mol. The maximum Gasteiger partial charge on any atom is 0.149 e. The monoisotopic (exact) mass is 195 g/mol. The van der Waals surface area contributed by atoms with E-state index in [1.165, 1.54) is 32.1 Å². The van der Waals surface area contributed by atoms with E-state index in [1.807, 2.05) is 0 Å². The number of Topliss-reactive ketones (excluding diaryl/α,β-unsaturated/α-hetero) is 1. The molecule has 0 spiro atoms. The third kappa shape index (κ3) is 3.09. The van der Waals surface area contributed by atoms with Crippen molar-refractivity contribution in [3.63, 3.8) is 0 Å². The minimum absolute atomic E-state index is 0.445. The number of hydrogen-bond acceptors (Lipinski definition) is 2. The van der Waals surface area contributed by atoms with Crippen LogP contribution in [0.25, 0.3) is 0 Å². The summed E-state index contributed by atoms with van der Waals surface area (Å²) in [4.78, 5) is 14.0. The van der Waals surface area contributed by atoms with Gasteiger partial charge in [-0.05, 0) is 38.8 Å². The summed E-state index contributed by atoms with van der Waals surface area (Å²) in [5.74, 6) is 0.950. The molecule has 2 fully saturated rings. The SMILES string of the molecule is O=C(CN1CCCCCCC1)C1CC1. The number of carbonyl (C=O) groups is 1. The van der Waals surface area contributed by atoms with Gasteiger partial charge in [0.25, 0.3) is 0 Å². The first-order valence-electron chi connectivity index (χ1n) is 6.11. The van der Waals surface area contributed by atoms with E-state index in [1.54, 1.807) is 0 Å². The van der Waals surface area contributed by atoms with E-state index in [0.717, 1.165) is 32.5 Å². The zero-order valence-corrected chi connectivity index (χ0v) is 9.00. The molecule has 14 heavy (non-hydrogen) atoms. The van der Waals surface area contributed by atoms with Gasteiger partial charge in [-0.3, -0.25) is 9.69 Å². The van der Waals surface area contributed by atoms with Crippen molar-refractivity contribution in [3.8, 4) is 0 Å². The van der Waals surface area contributed by atoms with Crippen molar-refractivity contribution in [2.45, 2.75) is 44.9 Å². The largest absolute Gasteiger partial charge is 0.298 e. The Hall–Kier alpha value is -0.370. The Morgan fingerprint density at radius 3 is 2.14 bits per heavy atom. The smallest absolute Gasteiger partial charge is 0.149 e. The number of rotatable bonds is 3. The van der Waals surface area contributed by atoms with Crippen LogP contribution in [0.1, 0.15) is 44.9 Å². The molecule has 0 atom stereocenters. The maximum atomic E-state index is 11.6. The molecule has 1 saturated carbocycles. The van der Waals surface area contributed by atoms with Crippen LogP contribution in [0, 0.1) is 5.92 Å². The van der Waals surface area contributed by atoms with Gasteiger partial charge in [0.05, 0.1) is 6.54 Å². The van der Waals surface area contributed by atoms with Crippen molar-refractivity contribution in [2.75, 3.05) is 19.6 Å². The molecule has 0 aromatic carbocycles. The van der Waals surface area contributed by atoms with E-state index in [2.05, 4.69) is 4.90 Å². The van der Waals surface area contributed by atoms with Crippen LogP contribution in [0.4, 0.5) is 0 Å². The third-order valence-corrected chi connectivity index (χ3v) is 3.36. The lowest BCUT2D eigenvalue weighted by Gasteiger charge is -2.23. The molecule has 2 nitrogen and oxygen atoms in total. The molecule has 2 heteroatoms. The molecule has 0 aromatic heterocycles. The lowest BCUT2D eigenvalue weighted by atomic mass is 10.1. The fourth-order valence-electron chi connectivity index (χ4n) is 2.23. The topological polar surface area (TPSA) is 20.3 Å². The number of nitrogens with zero attached hydrogens (tertiary/aromatic N) is 1. The molecule has 1 saturated heterocycles. The third-order valence-electron chi connectivity index (χ3n) is 3.36. The fraction of sp³-hybridized carbons (Fsp3) is 0.917. The van der Waals surface area contributed by atoms with Crippen molar-refractivity contribution < 1.29 is 4.79 Å². The van der Waals surface area contributed by atoms with Crippen LogP contribution in [-0.2, 0) is 4.79 Å². The molecule has 80 valence electrons. The fourth-order valence-corrected chi connectivity index (χ4v) is 2.23. The summed E-state index contributed by atoms with van der Waals surface area (Å²) in [6.45, 7) is 3.04. The number of ketones is 1. The van der Waals surface area contributed by atoms with Gasteiger partial charge in [-0.1, -0.05) is 19.3 Å². The van der Waals surface area contributed by atoms with Gasteiger partial charge >= 0.3 is 0 Å². The van der Waals surface area contributed by atoms with E-state index in [-0.39, 0.29) is 0 Å². The van der Waals surface area contributed by atoms with Crippen LogP contribution in [0.2, 0.25) is 0 Å². The Morgan fingerprint density at radius 1 is 1.00 bits per heavy atom. The van der Waals surface area contributed by atoms with Crippen LogP contribution in [-0.4, -0.2) is 30.3 Å². The summed E-state index contributed by atoms with van der Waals surface area (Å²) in [5, 5.41) is 0. The van der Waals surface area contributed by atoms with Gasteiger partial charge in [0, 0.05) is 5.92 Å². The summed E-state index contributed by atoms with van der Waals surface area (Å²) in [7, 11) is 0. The van der Waals surface area contributed by atoms with Gasteiger partial charge in [0.2, 0.25) is 0 Å². The summed E-state index contributed by atoms with van der Waals surface area (Å²) in [6.07, 6.45) is 9.00. The average Bonchev–Trinajstić information content (AvgIpc) is 2.91. The highest BCUT2D eigenvalue weighted by Gasteiger charge is 2.30. The van der Waals surface area contributed by atoms with Crippen molar-refractivity contribution in [1.82, 2.24) is 4.90 Å². The van der Waals surface area contributed by atoms with Crippen LogP contribution >= 0.6 is 0 Å².